The van der Waals surface area contributed by atoms with Crippen LogP contribution in [0, 0.1) is 0 Å². The van der Waals surface area contributed by atoms with Gasteiger partial charge in [0.05, 0.1) is 24.2 Å². The molecule has 12 heteroatoms. The molecule has 3 rings (SSSR count). The molecule has 1 saturated carbocycles. The molecule has 1 atom stereocenters. The van der Waals surface area contributed by atoms with Crippen LogP contribution >= 0.6 is 11.6 Å². The number of hydrogen-bond acceptors (Lipinski definition) is 7. The van der Waals surface area contributed by atoms with E-state index in [2.05, 4.69) is 20.2 Å². The molecule has 3 N–H and O–H groups in total. The van der Waals surface area contributed by atoms with E-state index in [1.54, 1.807) is 0 Å². The molecule has 0 unspecified atom stereocenters. The largest absolute Gasteiger partial charge is 0.444 e. The summed E-state index contributed by atoms with van der Waals surface area (Å²) in [4.78, 5) is 25.7. The minimum absolute atomic E-state index is 0.0340. The number of halogens is 1. The number of nitrogens with zero attached hydrogens (tertiary/aromatic N) is 2. The van der Waals surface area contributed by atoms with E-state index in [0.29, 0.717) is 57.3 Å². The SMILES string of the molecule is CCCS(=O)(=O)NC1CCC(NC(=O)O[C@@H]2CCN(c3cn[nH]c(=O)c3Cl)C2)CC1. The van der Waals surface area contributed by atoms with E-state index in [1.165, 1.54) is 6.20 Å². The molecule has 2 heterocycles. The number of hydrogen-bond donors (Lipinski definition) is 3. The van der Waals surface area contributed by atoms with Crippen LogP contribution in [0.15, 0.2) is 11.0 Å². The van der Waals surface area contributed by atoms with Crippen LogP contribution in [0.4, 0.5) is 10.5 Å². The van der Waals surface area contributed by atoms with E-state index >= 15 is 0 Å². The molecule has 2 fully saturated rings. The van der Waals surface area contributed by atoms with Crippen molar-refractivity contribution in [2.75, 3.05) is 23.7 Å². The van der Waals surface area contributed by atoms with Gasteiger partial charge in [0.2, 0.25) is 10.0 Å². The molecule has 1 aliphatic heterocycles. The number of carbonyl (C=O) groups is 1. The highest BCUT2D eigenvalue weighted by atomic mass is 35.5. The Morgan fingerprint density at radius 2 is 2.00 bits per heavy atom. The Kier molecular flexibility index (Phi) is 7.59. The number of rotatable bonds is 7. The summed E-state index contributed by atoms with van der Waals surface area (Å²) in [5, 5.41) is 8.99. The van der Waals surface area contributed by atoms with Crippen molar-refractivity contribution >= 4 is 33.4 Å². The predicted octanol–water partition coefficient (Wildman–Crippen LogP) is 1.37. The lowest BCUT2D eigenvalue weighted by Gasteiger charge is -2.29. The molecule has 0 spiro atoms. The normalized spacial score (nSPS) is 24.6. The molecular formula is C18H28ClN5O5S. The lowest BCUT2D eigenvalue weighted by molar-refractivity contribution is 0.102. The van der Waals surface area contributed by atoms with Gasteiger partial charge in [-0.25, -0.2) is 23.0 Å². The fraction of sp³-hybridized carbons (Fsp3) is 0.722. The van der Waals surface area contributed by atoms with Gasteiger partial charge >= 0.3 is 6.09 Å². The van der Waals surface area contributed by atoms with Crippen molar-refractivity contribution in [1.82, 2.24) is 20.2 Å². The van der Waals surface area contributed by atoms with Crippen LogP contribution in [-0.2, 0) is 14.8 Å². The number of ether oxygens (including phenoxy) is 1. The Balaban J connectivity index is 1.42. The van der Waals surface area contributed by atoms with Crippen LogP contribution in [0.2, 0.25) is 5.02 Å². The topological polar surface area (TPSA) is 133 Å². The van der Waals surface area contributed by atoms with Crippen LogP contribution in [0.25, 0.3) is 0 Å². The molecular weight excluding hydrogens is 434 g/mol. The Bertz CT molecular complexity index is 900. The number of anilines is 1. The molecule has 2 aliphatic rings. The molecule has 1 aromatic rings. The average Bonchev–Trinajstić information content (AvgIpc) is 3.13. The Morgan fingerprint density at radius 1 is 1.30 bits per heavy atom. The van der Waals surface area contributed by atoms with Crippen molar-refractivity contribution < 1.29 is 17.9 Å². The molecule has 1 aromatic heterocycles. The van der Waals surface area contributed by atoms with Gasteiger partial charge in [-0.05, 0) is 32.1 Å². The van der Waals surface area contributed by atoms with Gasteiger partial charge in [0.1, 0.15) is 11.1 Å². The molecule has 0 bridgehead atoms. The van der Waals surface area contributed by atoms with Gasteiger partial charge in [-0.2, -0.15) is 5.10 Å². The lowest BCUT2D eigenvalue weighted by Crippen LogP contribution is -2.45. The van der Waals surface area contributed by atoms with Crippen molar-refractivity contribution in [3.05, 3.63) is 21.6 Å². The van der Waals surface area contributed by atoms with Crippen molar-refractivity contribution in [3.63, 3.8) is 0 Å². The number of nitrogens with one attached hydrogen (secondary N) is 3. The average molecular weight is 462 g/mol. The molecule has 30 heavy (non-hydrogen) atoms. The van der Waals surface area contributed by atoms with Gasteiger partial charge in [0.15, 0.2) is 0 Å². The van der Waals surface area contributed by atoms with Gasteiger partial charge in [-0.15, -0.1) is 0 Å². The van der Waals surface area contributed by atoms with Crippen molar-refractivity contribution in [3.8, 4) is 0 Å². The maximum atomic E-state index is 12.3. The summed E-state index contributed by atoms with van der Waals surface area (Å²) in [5.74, 6) is 0.133. The zero-order chi connectivity index (χ0) is 21.7. The Labute approximate surface area is 180 Å². The highest BCUT2D eigenvalue weighted by Gasteiger charge is 2.30. The van der Waals surface area contributed by atoms with Gasteiger partial charge in [-0.1, -0.05) is 18.5 Å². The quantitative estimate of drug-likeness (QED) is 0.558. The number of aromatic amines is 1. The summed E-state index contributed by atoms with van der Waals surface area (Å²) >= 11 is 6.04. The predicted molar refractivity (Wildman–Crippen MR) is 113 cm³/mol. The zero-order valence-electron chi connectivity index (χ0n) is 16.9. The fourth-order valence-corrected chi connectivity index (χ4v) is 5.54. The van der Waals surface area contributed by atoms with E-state index in [4.69, 9.17) is 16.3 Å². The van der Waals surface area contributed by atoms with Crippen molar-refractivity contribution in [2.24, 2.45) is 0 Å². The third-order valence-corrected chi connectivity index (χ3v) is 7.41. The van der Waals surface area contributed by atoms with Crippen LogP contribution in [0.1, 0.15) is 45.4 Å². The van der Waals surface area contributed by atoms with E-state index in [9.17, 15) is 18.0 Å². The minimum atomic E-state index is -3.22. The van der Waals surface area contributed by atoms with Crippen LogP contribution < -0.4 is 20.5 Å². The van der Waals surface area contributed by atoms with E-state index < -0.39 is 21.7 Å². The maximum absolute atomic E-state index is 12.3. The van der Waals surface area contributed by atoms with Crippen LogP contribution in [0.3, 0.4) is 0 Å². The molecule has 168 valence electrons. The molecule has 0 aromatic carbocycles. The first kappa shape index (κ1) is 22.8. The molecule has 10 nitrogen and oxygen atoms in total. The van der Waals surface area contributed by atoms with E-state index in [-0.39, 0.29) is 29.0 Å². The number of amides is 1. The Morgan fingerprint density at radius 3 is 2.70 bits per heavy atom. The second-order valence-corrected chi connectivity index (χ2v) is 10.0. The summed E-state index contributed by atoms with van der Waals surface area (Å²) in [6, 6.07) is -0.111. The van der Waals surface area contributed by atoms with Gasteiger partial charge in [0.25, 0.3) is 5.56 Å². The number of sulfonamides is 1. The first-order chi connectivity index (χ1) is 14.3. The number of carbonyl (C=O) groups excluding carboxylic acids is 1. The standard InChI is InChI=1S/C18H28ClN5O5S/c1-2-9-30(27,28)23-13-5-3-12(4-6-13)21-18(26)29-14-7-8-24(11-14)15-10-20-22-17(25)16(15)19/h10,12-14,23H,2-9,11H2,1H3,(H,21,26)(H,22,25)/t12?,13?,14-/m1/s1. The summed E-state index contributed by atoms with van der Waals surface area (Å²) in [6.45, 7) is 2.87. The summed E-state index contributed by atoms with van der Waals surface area (Å²) < 4.78 is 32.0. The van der Waals surface area contributed by atoms with Crippen molar-refractivity contribution in [1.29, 1.82) is 0 Å². The highest BCUT2D eigenvalue weighted by Crippen LogP contribution is 2.26. The summed E-state index contributed by atoms with van der Waals surface area (Å²) in [7, 11) is -3.22. The maximum Gasteiger partial charge on any atom is 0.407 e. The molecule has 1 aliphatic carbocycles. The first-order valence-corrected chi connectivity index (χ1v) is 12.3. The Hall–Kier alpha value is -1.85. The van der Waals surface area contributed by atoms with Gasteiger partial charge in [-0.3, -0.25) is 4.79 Å². The smallest absolute Gasteiger partial charge is 0.407 e. The number of H-pyrrole nitrogens is 1. The number of aromatic nitrogens is 2. The second-order valence-electron chi connectivity index (χ2n) is 7.79. The van der Waals surface area contributed by atoms with E-state index in [0.717, 1.165) is 0 Å². The lowest BCUT2D eigenvalue weighted by atomic mass is 9.92. The van der Waals surface area contributed by atoms with E-state index in [1.807, 2.05) is 11.8 Å². The first-order valence-electron chi connectivity index (χ1n) is 10.2. The van der Waals surface area contributed by atoms with Crippen LogP contribution in [-0.4, -0.2) is 61.7 Å². The third kappa shape index (κ3) is 6.08. The molecule has 0 radical (unpaired) electrons. The summed E-state index contributed by atoms with van der Waals surface area (Å²) in [5.41, 5.74) is 0.0691. The third-order valence-electron chi connectivity index (χ3n) is 5.40. The summed E-state index contributed by atoms with van der Waals surface area (Å²) in [6.07, 6.45) is 4.66. The minimum Gasteiger partial charge on any atom is -0.444 e. The van der Waals surface area contributed by atoms with Gasteiger partial charge in [0, 0.05) is 25.0 Å². The fourth-order valence-electron chi connectivity index (χ4n) is 3.93. The van der Waals surface area contributed by atoms with Crippen molar-refractivity contribution in [2.45, 2.75) is 63.6 Å². The highest BCUT2D eigenvalue weighted by molar-refractivity contribution is 7.89. The van der Waals surface area contributed by atoms with Gasteiger partial charge < -0.3 is 15.0 Å². The number of alkyl carbamates (subject to hydrolysis) is 1. The van der Waals surface area contributed by atoms with Crippen LogP contribution in [0.5, 0.6) is 0 Å². The zero-order valence-corrected chi connectivity index (χ0v) is 18.5. The molecule has 1 amide bonds. The molecule has 1 saturated heterocycles. The second kappa shape index (κ2) is 9.97. The monoisotopic (exact) mass is 461 g/mol.